The molecular weight excluding hydrogens is 741 g/mol. The van der Waals surface area contributed by atoms with Gasteiger partial charge in [0.05, 0.1) is 6.61 Å². The Morgan fingerprint density at radius 1 is 0.383 bits per heavy atom. The van der Waals surface area contributed by atoms with Crippen LogP contribution in [0.1, 0.15) is 252 Å². The molecule has 0 rings (SSSR count). The molecule has 0 aromatic heterocycles. The maximum Gasteiger partial charge on any atom is 0.306 e. The molecule has 0 aliphatic rings. The third kappa shape index (κ3) is 48.3. The van der Waals surface area contributed by atoms with Gasteiger partial charge in [-0.05, 0) is 83.5 Å². The summed E-state index contributed by atoms with van der Waals surface area (Å²) in [6.07, 6.45) is 63.7. The van der Waals surface area contributed by atoms with Gasteiger partial charge in [0.1, 0.15) is 6.61 Å². The summed E-state index contributed by atoms with van der Waals surface area (Å²) in [5.74, 6) is -0.418. The van der Waals surface area contributed by atoms with Crippen LogP contribution in [0.15, 0.2) is 60.8 Å². The molecule has 0 N–H and O–H groups in total. The van der Waals surface area contributed by atoms with Crippen LogP contribution in [-0.4, -0.2) is 37.9 Å². The van der Waals surface area contributed by atoms with Gasteiger partial charge in [-0.15, -0.1) is 0 Å². The fourth-order valence-electron chi connectivity index (χ4n) is 7.20. The fourth-order valence-corrected chi connectivity index (χ4v) is 7.20. The first-order valence-electron chi connectivity index (χ1n) is 25.8. The first kappa shape index (κ1) is 57.6. The van der Waals surface area contributed by atoms with Crippen molar-refractivity contribution in [1.29, 1.82) is 0 Å². The molecule has 1 unspecified atom stereocenters. The molecule has 0 aromatic rings. The van der Waals surface area contributed by atoms with E-state index < -0.39 is 6.10 Å². The topological polar surface area (TPSA) is 61.8 Å². The normalized spacial score (nSPS) is 12.7. The lowest BCUT2D eigenvalue weighted by molar-refractivity contribution is -0.163. The Morgan fingerprint density at radius 3 is 1.22 bits per heavy atom. The van der Waals surface area contributed by atoms with Crippen molar-refractivity contribution in [1.82, 2.24) is 0 Å². The lowest BCUT2D eigenvalue weighted by Gasteiger charge is -2.18. The van der Waals surface area contributed by atoms with E-state index in [2.05, 4.69) is 81.5 Å². The van der Waals surface area contributed by atoms with E-state index in [4.69, 9.17) is 14.2 Å². The molecule has 0 aliphatic heterocycles. The molecule has 0 aromatic carbocycles. The summed E-state index contributed by atoms with van der Waals surface area (Å²) in [4.78, 5) is 25.4. The predicted octanol–water partition coefficient (Wildman–Crippen LogP) is 17.3. The molecule has 0 fully saturated rings. The maximum absolute atomic E-state index is 12.8. The average Bonchev–Trinajstić information content (AvgIpc) is 3.25. The Hall–Kier alpha value is -2.40. The van der Waals surface area contributed by atoms with Gasteiger partial charge in [0.15, 0.2) is 6.10 Å². The fraction of sp³-hybridized carbons (Fsp3) is 0.782. The van der Waals surface area contributed by atoms with Crippen LogP contribution in [0.2, 0.25) is 0 Å². The van der Waals surface area contributed by atoms with Crippen LogP contribution in [-0.2, 0) is 23.8 Å². The summed E-state index contributed by atoms with van der Waals surface area (Å²) in [5.41, 5.74) is 0. The minimum atomic E-state index is -0.554. The van der Waals surface area contributed by atoms with Gasteiger partial charge in [0.2, 0.25) is 0 Å². The highest BCUT2D eigenvalue weighted by Gasteiger charge is 2.17. The van der Waals surface area contributed by atoms with Crippen LogP contribution in [0.5, 0.6) is 0 Å². The predicted molar refractivity (Wildman–Crippen MR) is 261 cm³/mol. The largest absolute Gasteiger partial charge is 0.462 e. The van der Waals surface area contributed by atoms with Gasteiger partial charge in [-0.1, -0.05) is 216 Å². The number of esters is 2. The summed E-state index contributed by atoms with van der Waals surface area (Å²) in [6, 6.07) is 0. The SMILES string of the molecule is CC/C=C\C/C=C\C/C=C\C/C=C\CCCCCOCC(COC(=O)CCCCCCC/C=C\CCCCCCCC)OC(=O)CCCCCCCCCCCCCCC. The summed E-state index contributed by atoms with van der Waals surface area (Å²) in [6.45, 7) is 7.65. The number of hydrogen-bond acceptors (Lipinski definition) is 5. The van der Waals surface area contributed by atoms with Crippen molar-refractivity contribution in [2.24, 2.45) is 0 Å². The van der Waals surface area contributed by atoms with Gasteiger partial charge in [-0.25, -0.2) is 0 Å². The molecule has 0 aliphatic carbocycles. The lowest BCUT2D eigenvalue weighted by Crippen LogP contribution is -2.30. The molecule has 1 atom stereocenters. The van der Waals surface area contributed by atoms with E-state index in [1.54, 1.807) is 0 Å². The first-order valence-corrected chi connectivity index (χ1v) is 25.8. The number of rotatable bonds is 47. The molecule has 348 valence electrons. The lowest BCUT2D eigenvalue weighted by atomic mass is 10.0. The summed E-state index contributed by atoms with van der Waals surface area (Å²) in [5, 5.41) is 0. The van der Waals surface area contributed by atoms with Crippen LogP contribution in [0.25, 0.3) is 0 Å². The van der Waals surface area contributed by atoms with Crippen molar-refractivity contribution in [3.63, 3.8) is 0 Å². The second-order valence-electron chi connectivity index (χ2n) is 17.0. The number of unbranched alkanes of at least 4 members (excludes halogenated alkanes) is 26. The Morgan fingerprint density at radius 2 is 0.750 bits per heavy atom. The molecular formula is C55H98O5. The highest BCUT2D eigenvalue weighted by molar-refractivity contribution is 5.70. The Kier molecular flexibility index (Phi) is 48.9. The van der Waals surface area contributed by atoms with Crippen molar-refractivity contribution in [3.8, 4) is 0 Å². The van der Waals surface area contributed by atoms with Crippen LogP contribution in [0.4, 0.5) is 0 Å². The maximum atomic E-state index is 12.8. The van der Waals surface area contributed by atoms with E-state index in [1.807, 2.05) is 0 Å². The molecule has 0 heterocycles. The zero-order chi connectivity index (χ0) is 43.5. The number of ether oxygens (including phenoxy) is 3. The van der Waals surface area contributed by atoms with Gasteiger partial charge >= 0.3 is 11.9 Å². The van der Waals surface area contributed by atoms with Crippen LogP contribution >= 0.6 is 0 Å². The second kappa shape index (κ2) is 51.0. The average molecular weight is 839 g/mol. The van der Waals surface area contributed by atoms with E-state index in [1.165, 1.54) is 128 Å². The highest BCUT2D eigenvalue weighted by atomic mass is 16.6. The molecule has 0 saturated heterocycles. The van der Waals surface area contributed by atoms with Crippen molar-refractivity contribution in [2.75, 3.05) is 19.8 Å². The summed E-state index contributed by atoms with van der Waals surface area (Å²) in [7, 11) is 0. The third-order valence-corrected chi connectivity index (χ3v) is 11.0. The van der Waals surface area contributed by atoms with Crippen LogP contribution in [0.3, 0.4) is 0 Å². The number of carbonyl (C=O) groups excluding carboxylic acids is 2. The Balaban J connectivity index is 4.32. The van der Waals surface area contributed by atoms with Crippen LogP contribution < -0.4 is 0 Å². The second-order valence-corrected chi connectivity index (χ2v) is 17.0. The molecule has 5 heteroatoms. The van der Waals surface area contributed by atoms with Gasteiger partial charge in [0, 0.05) is 19.4 Å². The Bertz CT molecular complexity index is 1040. The number of carbonyl (C=O) groups is 2. The van der Waals surface area contributed by atoms with Crippen LogP contribution in [0, 0.1) is 0 Å². The zero-order valence-electron chi connectivity index (χ0n) is 40.0. The van der Waals surface area contributed by atoms with E-state index in [-0.39, 0.29) is 25.2 Å². The Labute approximate surface area is 373 Å². The van der Waals surface area contributed by atoms with Crippen molar-refractivity contribution >= 4 is 11.9 Å². The highest BCUT2D eigenvalue weighted by Crippen LogP contribution is 2.15. The number of allylic oxidation sites excluding steroid dienone is 10. The molecule has 0 spiro atoms. The molecule has 0 radical (unpaired) electrons. The van der Waals surface area contributed by atoms with Gasteiger partial charge in [0.25, 0.3) is 0 Å². The van der Waals surface area contributed by atoms with E-state index in [0.29, 0.717) is 19.4 Å². The number of hydrogen-bond donors (Lipinski definition) is 0. The molecule has 0 amide bonds. The summed E-state index contributed by atoms with van der Waals surface area (Å²) >= 11 is 0. The van der Waals surface area contributed by atoms with E-state index in [0.717, 1.165) is 89.9 Å². The quantitative estimate of drug-likeness (QED) is 0.0347. The monoisotopic (exact) mass is 839 g/mol. The van der Waals surface area contributed by atoms with Gasteiger partial charge in [-0.2, -0.15) is 0 Å². The minimum Gasteiger partial charge on any atom is -0.462 e. The van der Waals surface area contributed by atoms with Gasteiger partial charge in [-0.3, -0.25) is 9.59 Å². The standard InChI is InChI=1S/C55H98O5/c1-4-7-10-13-16-19-22-25-27-29-32-35-38-41-44-47-50-58-51-53(60-55(57)49-46-43-40-37-34-30-24-21-18-15-12-9-6-3)52-59-54(56)48-45-42-39-36-33-31-28-26-23-20-17-14-11-8-5-2/h7,10,16,19,25-28,32,35,53H,4-6,8-9,11-15,17-18,20-24,29-31,33-34,36-52H2,1-3H3/b10-7-,19-16-,27-25-,28-26-,35-32-. The summed E-state index contributed by atoms with van der Waals surface area (Å²) < 4.78 is 17.4. The smallest absolute Gasteiger partial charge is 0.306 e. The van der Waals surface area contributed by atoms with Crippen molar-refractivity contribution < 1.29 is 23.8 Å². The minimum absolute atomic E-state index is 0.0695. The van der Waals surface area contributed by atoms with Crippen molar-refractivity contribution in [3.05, 3.63) is 60.8 Å². The van der Waals surface area contributed by atoms with Gasteiger partial charge < -0.3 is 14.2 Å². The molecule has 0 bridgehead atoms. The third-order valence-electron chi connectivity index (χ3n) is 11.0. The molecule has 0 saturated carbocycles. The van der Waals surface area contributed by atoms with Crippen molar-refractivity contribution in [2.45, 2.75) is 258 Å². The van der Waals surface area contributed by atoms with E-state index >= 15 is 0 Å². The molecule has 60 heavy (non-hydrogen) atoms. The van der Waals surface area contributed by atoms with E-state index in [9.17, 15) is 9.59 Å². The first-order chi connectivity index (χ1) is 29.6. The zero-order valence-corrected chi connectivity index (χ0v) is 40.0. The molecule has 5 nitrogen and oxygen atoms in total.